The van der Waals surface area contributed by atoms with Crippen LogP contribution in [0.15, 0.2) is 36.4 Å². The van der Waals surface area contributed by atoms with Crippen molar-refractivity contribution in [1.29, 1.82) is 5.26 Å². The Morgan fingerprint density at radius 1 is 1.36 bits per heavy atom. The van der Waals surface area contributed by atoms with Crippen LogP contribution in [0.1, 0.15) is 12.0 Å². The van der Waals surface area contributed by atoms with Crippen LogP contribution in [0, 0.1) is 11.3 Å². The van der Waals surface area contributed by atoms with Gasteiger partial charge in [-0.2, -0.15) is 30.2 Å². The third kappa shape index (κ3) is 3.83. The van der Waals surface area contributed by atoms with Gasteiger partial charge in [0.1, 0.15) is 5.54 Å². The lowest BCUT2D eigenvalue weighted by Gasteiger charge is -2.20. The highest BCUT2D eigenvalue weighted by Crippen LogP contribution is 2.34. The number of thioether (sulfide) groups is 1. The Balaban J connectivity index is 2.27. The summed E-state index contributed by atoms with van der Waals surface area (Å²) in [6.45, 7) is 0. The molecule has 0 radical (unpaired) electrons. The summed E-state index contributed by atoms with van der Waals surface area (Å²) in [5.41, 5.74) is -2.19. The fraction of sp³-hybridized carbons (Fsp3) is 0.333. The summed E-state index contributed by atoms with van der Waals surface area (Å²) in [4.78, 5) is 11.9. The van der Waals surface area contributed by atoms with E-state index in [0.717, 1.165) is 0 Å². The van der Waals surface area contributed by atoms with Gasteiger partial charge >= 0.3 is 6.18 Å². The molecular weight excluding hydrogens is 313 g/mol. The topological polar surface area (TPSA) is 52.9 Å². The number of hydrogen-bond donors (Lipinski definition) is 1. The van der Waals surface area contributed by atoms with E-state index in [2.05, 4.69) is 5.32 Å². The van der Waals surface area contributed by atoms with Crippen LogP contribution in [0.5, 0.6) is 0 Å². The van der Waals surface area contributed by atoms with E-state index in [1.54, 1.807) is 6.07 Å². The first-order chi connectivity index (χ1) is 10.4. The molecule has 0 aromatic heterocycles. The summed E-state index contributed by atoms with van der Waals surface area (Å²) in [5.74, 6) is 0.179. The van der Waals surface area contributed by atoms with Crippen molar-refractivity contribution in [2.24, 2.45) is 0 Å². The lowest BCUT2D eigenvalue weighted by atomic mass is 10.0. The van der Waals surface area contributed by atoms with Crippen LogP contribution >= 0.6 is 11.8 Å². The van der Waals surface area contributed by atoms with Gasteiger partial charge in [-0.05, 0) is 17.7 Å². The summed E-state index contributed by atoms with van der Waals surface area (Å²) in [5, 5.41) is 11.6. The molecule has 1 heterocycles. The number of nitrogens with zero attached hydrogens (tertiary/aromatic N) is 1. The van der Waals surface area contributed by atoms with E-state index in [4.69, 9.17) is 5.26 Å². The van der Waals surface area contributed by atoms with Gasteiger partial charge in [0, 0.05) is 11.8 Å². The van der Waals surface area contributed by atoms with E-state index in [0.29, 0.717) is 24.0 Å². The molecule has 7 heteroatoms. The zero-order valence-corrected chi connectivity index (χ0v) is 12.3. The molecule has 22 heavy (non-hydrogen) atoms. The van der Waals surface area contributed by atoms with Crippen LogP contribution in [0.3, 0.4) is 0 Å². The lowest BCUT2D eigenvalue weighted by molar-refractivity contribution is -0.118. The van der Waals surface area contributed by atoms with E-state index >= 15 is 0 Å². The monoisotopic (exact) mass is 326 g/mol. The number of allylic oxidation sites excluding steroid dienone is 1. The van der Waals surface area contributed by atoms with Gasteiger partial charge in [-0.25, -0.2) is 0 Å². The second kappa shape index (κ2) is 6.44. The number of halogens is 3. The van der Waals surface area contributed by atoms with Crippen LogP contribution in [0.4, 0.5) is 13.2 Å². The maximum absolute atomic E-state index is 13.1. The summed E-state index contributed by atoms with van der Waals surface area (Å²) >= 11 is 1.49. The first kappa shape index (κ1) is 16.4. The minimum Gasteiger partial charge on any atom is -0.333 e. The van der Waals surface area contributed by atoms with Crippen molar-refractivity contribution in [3.05, 3.63) is 42.0 Å². The summed E-state index contributed by atoms with van der Waals surface area (Å²) in [6, 6.07) is 9.11. The highest BCUT2D eigenvalue weighted by molar-refractivity contribution is 7.99. The Labute approximate surface area is 130 Å². The predicted octanol–water partition coefficient (Wildman–Crippen LogP) is 3.15. The highest BCUT2D eigenvalue weighted by Gasteiger charge is 2.38. The molecule has 116 valence electrons. The Morgan fingerprint density at radius 3 is 2.55 bits per heavy atom. The van der Waals surface area contributed by atoms with Crippen molar-refractivity contribution in [1.82, 2.24) is 5.32 Å². The van der Waals surface area contributed by atoms with Gasteiger partial charge in [-0.15, -0.1) is 0 Å². The zero-order chi connectivity index (χ0) is 16.2. The highest BCUT2D eigenvalue weighted by atomic mass is 32.2. The molecule has 0 saturated carbocycles. The summed E-state index contributed by atoms with van der Waals surface area (Å²) < 4.78 is 39.4. The number of benzene rings is 1. The van der Waals surface area contributed by atoms with Crippen molar-refractivity contribution >= 4 is 23.2 Å². The first-order valence-corrected chi connectivity index (χ1v) is 7.67. The van der Waals surface area contributed by atoms with E-state index in [-0.39, 0.29) is 5.56 Å². The molecule has 1 aliphatic heterocycles. The van der Waals surface area contributed by atoms with Crippen molar-refractivity contribution in [3.63, 3.8) is 0 Å². The van der Waals surface area contributed by atoms with Gasteiger partial charge in [0.2, 0.25) is 5.91 Å². The average Bonchev–Trinajstić information content (AvgIpc) is 2.93. The van der Waals surface area contributed by atoms with Crippen molar-refractivity contribution in [2.75, 3.05) is 11.5 Å². The van der Waals surface area contributed by atoms with Crippen LogP contribution in [0.2, 0.25) is 0 Å². The standard InChI is InChI=1S/C15H13F3N2OS/c16-15(17,18)12(11-4-2-1-3-5-11)8-13(21)20-14(9-19)6-7-22-10-14/h1-5,8H,6-7,10H2,(H,20,21)/b12-8-. The smallest absolute Gasteiger partial charge is 0.333 e. The van der Waals surface area contributed by atoms with E-state index in [1.807, 2.05) is 6.07 Å². The number of alkyl halides is 3. The Morgan fingerprint density at radius 2 is 2.05 bits per heavy atom. The number of amides is 1. The molecule has 1 aliphatic rings. The number of carbonyl (C=O) groups is 1. The van der Waals surface area contributed by atoms with Crippen LogP contribution in [0.25, 0.3) is 5.57 Å². The summed E-state index contributed by atoms with van der Waals surface area (Å²) in [6.07, 6.45) is -3.69. The molecule has 0 bridgehead atoms. The number of nitrogens with one attached hydrogen (secondary N) is 1. The van der Waals surface area contributed by atoms with Crippen molar-refractivity contribution < 1.29 is 18.0 Å². The molecule has 1 aromatic carbocycles. The van der Waals surface area contributed by atoms with E-state index < -0.39 is 23.2 Å². The molecule has 2 rings (SSSR count). The van der Waals surface area contributed by atoms with Crippen molar-refractivity contribution in [2.45, 2.75) is 18.1 Å². The third-order valence-corrected chi connectivity index (χ3v) is 4.45. The van der Waals surface area contributed by atoms with E-state index in [1.165, 1.54) is 36.0 Å². The Kier molecular flexibility index (Phi) is 4.81. The zero-order valence-electron chi connectivity index (χ0n) is 11.5. The second-order valence-corrected chi connectivity index (χ2v) is 6.01. The van der Waals surface area contributed by atoms with Gasteiger partial charge in [-0.3, -0.25) is 4.79 Å². The Bertz CT molecular complexity index is 614. The molecule has 1 fully saturated rings. The average molecular weight is 326 g/mol. The molecular formula is C15H13F3N2OS. The molecule has 0 spiro atoms. The predicted molar refractivity (Wildman–Crippen MR) is 78.9 cm³/mol. The molecule has 1 unspecified atom stereocenters. The molecule has 1 saturated heterocycles. The molecule has 1 N–H and O–H groups in total. The van der Waals surface area contributed by atoms with Crippen LogP contribution in [-0.2, 0) is 4.79 Å². The Hall–Kier alpha value is -1.94. The maximum Gasteiger partial charge on any atom is 0.417 e. The van der Waals surface area contributed by atoms with Gasteiger partial charge in [0.25, 0.3) is 0 Å². The first-order valence-electron chi connectivity index (χ1n) is 6.52. The maximum atomic E-state index is 13.1. The number of hydrogen-bond acceptors (Lipinski definition) is 3. The van der Waals surface area contributed by atoms with Crippen molar-refractivity contribution in [3.8, 4) is 6.07 Å². The number of nitriles is 1. The van der Waals surface area contributed by atoms with Crippen LogP contribution < -0.4 is 5.32 Å². The minimum absolute atomic E-state index is 0.0862. The van der Waals surface area contributed by atoms with E-state index in [9.17, 15) is 18.0 Å². The second-order valence-electron chi connectivity index (χ2n) is 4.91. The quantitative estimate of drug-likeness (QED) is 0.868. The van der Waals surface area contributed by atoms with Gasteiger partial charge < -0.3 is 5.32 Å². The normalized spacial score (nSPS) is 22.2. The SMILES string of the molecule is N#CC1(NC(=O)/C=C(/c2ccccc2)C(F)(F)F)CCSC1. The molecule has 1 aromatic rings. The molecule has 1 amide bonds. The molecule has 0 aliphatic carbocycles. The van der Waals surface area contributed by atoms with Crippen LogP contribution in [-0.4, -0.2) is 29.1 Å². The van der Waals surface area contributed by atoms with Gasteiger partial charge in [-0.1, -0.05) is 30.3 Å². The third-order valence-electron chi connectivity index (χ3n) is 3.26. The fourth-order valence-electron chi connectivity index (χ4n) is 2.13. The molecule has 3 nitrogen and oxygen atoms in total. The van der Waals surface area contributed by atoms with Gasteiger partial charge in [0.15, 0.2) is 0 Å². The lowest BCUT2D eigenvalue weighted by Crippen LogP contribution is -2.47. The number of rotatable bonds is 3. The fourth-order valence-corrected chi connectivity index (χ4v) is 3.40. The largest absolute Gasteiger partial charge is 0.417 e. The summed E-state index contributed by atoms with van der Waals surface area (Å²) in [7, 11) is 0. The van der Waals surface area contributed by atoms with Gasteiger partial charge in [0.05, 0.1) is 11.6 Å². The minimum atomic E-state index is -4.65. The molecule has 1 atom stereocenters. The number of carbonyl (C=O) groups excluding carboxylic acids is 1.